The number of thiazole rings is 1. The van der Waals surface area contributed by atoms with Crippen LogP contribution in [0.1, 0.15) is 25.3 Å². The molecule has 1 aromatic carbocycles. The normalized spacial score (nSPS) is 14.5. The predicted molar refractivity (Wildman–Crippen MR) is 69.3 cm³/mol. The fraction of sp³-hybridized carbons (Fsp3) is 0.308. The molecule has 18 heavy (non-hydrogen) atoms. The Morgan fingerprint density at radius 2 is 1.94 bits per heavy atom. The number of benzene rings is 1. The van der Waals surface area contributed by atoms with Crippen molar-refractivity contribution in [2.75, 3.05) is 0 Å². The van der Waals surface area contributed by atoms with Crippen LogP contribution in [0.2, 0.25) is 0 Å². The van der Waals surface area contributed by atoms with Crippen molar-refractivity contribution in [3.63, 3.8) is 0 Å². The largest absolute Gasteiger partial charge is 0.320 e. The summed E-state index contributed by atoms with van der Waals surface area (Å²) in [6.07, 6.45) is 0.708. The minimum absolute atomic E-state index is 0.0908. The zero-order valence-electron chi connectivity index (χ0n) is 10.2. The van der Waals surface area contributed by atoms with Gasteiger partial charge in [-0.05, 0) is 25.5 Å². The first-order chi connectivity index (χ1) is 8.45. The Balaban J connectivity index is 2.48. The molecule has 5 heteroatoms. The Morgan fingerprint density at radius 1 is 1.33 bits per heavy atom. The Bertz CT molecular complexity index is 544. The number of aromatic nitrogens is 1. The van der Waals surface area contributed by atoms with Crippen LogP contribution in [0.5, 0.6) is 0 Å². The van der Waals surface area contributed by atoms with Crippen LogP contribution in [-0.2, 0) is 5.54 Å². The summed E-state index contributed by atoms with van der Waals surface area (Å²) in [5, 5.41) is 2.32. The van der Waals surface area contributed by atoms with E-state index in [1.54, 1.807) is 5.38 Å². The predicted octanol–water partition coefficient (Wildman–Crippen LogP) is 3.67. The second-order valence-electron chi connectivity index (χ2n) is 4.41. The molecule has 0 aliphatic carbocycles. The molecule has 2 nitrogen and oxygen atoms in total. The van der Waals surface area contributed by atoms with Crippen molar-refractivity contribution in [3.05, 3.63) is 40.2 Å². The third-order valence-electron chi connectivity index (χ3n) is 2.95. The van der Waals surface area contributed by atoms with E-state index in [9.17, 15) is 8.78 Å². The zero-order valence-corrected chi connectivity index (χ0v) is 11.0. The summed E-state index contributed by atoms with van der Waals surface area (Å²) in [4.78, 5) is 4.26. The topological polar surface area (TPSA) is 38.9 Å². The highest BCUT2D eigenvalue weighted by Gasteiger charge is 2.24. The molecule has 0 radical (unpaired) electrons. The lowest BCUT2D eigenvalue weighted by Gasteiger charge is -2.18. The smallest absolute Gasteiger partial charge is 0.135 e. The van der Waals surface area contributed by atoms with Crippen molar-refractivity contribution in [1.29, 1.82) is 0 Å². The lowest BCUT2D eigenvalue weighted by atomic mass is 10.0. The molecule has 0 bridgehead atoms. The van der Waals surface area contributed by atoms with Gasteiger partial charge in [0.2, 0.25) is 0 Å². The number of nitrogens with two attached hydrogens (primary N) is 1. The summed E-state index contributed by atoms with van der Waals surface area (Å²) >= 11 is 1.32. The van der Waals surface area contributed by atoms with Gasteiger partial charge in [-0.3, -0.25) is 0 Å². The van der Waals surface area contributed by atoms with Crippen LogP contribution >= 0.6 is 11.3 Å². The average molecular weight is 268 g/mol. The molecule has 0 spiro atoms. The van der Waals surface area contributed by atoms with Gasteiger partial charge >= 0.3 is 0 Å². The van der Waals surface area contributed by atoms with Gasteiger partial charge in [0.1, 0.15) is 16.6 Å². The number of halogens is 2. The highest BCUT2D eigenvalue weighted by Crippen LogP contribution is 2.31. The minimum atomic E-state index is -0.609. The monoisotopic (exact) mass is 268 g/mol. The molecule has 0 aliphatic heterocycles. The molecule has 0 saturated heterocycles. The van der Waals surface area contributed by atoms with Gasteiger partial charge in [-0.1, -0.05) is 13.0 Å². The lowest BCUT2D eigenvalue weighted by Crippen LogP contribution is -2.31. The standard InChI is InChI=1S/C13H14F2N2S/c1-3-13(2,16)12-17-10(7-18-12)11-8(14)5-4-6-9(11)15/h4-7H,3,16H2,1-2H3. The summed E-state index contributed by atoms with van der Waals surface area (Å²) in [6, 6.07) is 3.78. The lowest BCUT2D eigenvalue weighted by molar-refractivity contribution is 0.474. The van der Waals surface area contributed by atoms with E-state index in [1.165, 1.54) is 29.5 Å². The van der Waals surface area contributed by atoms with Crippen LogP contribution in [0, 0.1) is 11.6 Å². The molecule has 0 fully saturated rings. The van der Waals surface area contributed by atoms with Crippen LogP contribution in [0.4, 0.5) is 8.78 Å². The van der Waals surface area contributed by atoms with Crippen molar-refractivity contribution in [3.8, 4) is 11.3 Å². The third kappa shape index (κ3) is 2.28. The van der Waals surface area contributed by atoms with Gasteiger partial charge in [0, 0.05) is 5.38 Å². The summed E-state index contributed by atoms with van der Waals surface area (Å²) in [7, 11) is 0. The highest BCUT2D eigenvalue weighted by molar-refractivity contribution is 7.10. The van der Waals surface area contributed by atoms with Gasteiger partial charge in [-0.2, -0.15) is 0 Å². The van der Waals surface area contributed by atoms with Gasteiger partial charge < -0.3 is 5.73 Å². The number of hydrogen-bond donors (Lipinski definition) is 1. The van der Waals surface area contributed by atoms with Crippen LogP contribution in [0.25, 0.3) is 11.3 Å². The van der Waals surface area contributed by atoms with Crippen LogP contribution in [0.15, 0.2) is 23.6 Å². The Labute approximate surface area is 108 Å². The fourth-order valence-electron chi connectivity index (χ4n) is 1.54. The molecule has 0 amide bonds. The molecular formula is C13H14F2N2S. The summed E-state index contributed by atoms with van der Waals surface area (Å²) in [5.74, 6) is -1.22. The van der Waals surface area contributed by atoms with Crippen LogP contribution in [-0.4, -0.2) is 4.98 Å². The van der Waals surface area contributed by atoms with Gasteiger partial charge in [0.05, 0.1) is 16.8 Å². The van der Waals surface area contributed by atoms with Crippen LogP contribution in [0.3, 0.4) is 0 Å². The van der Waals surface area contributed by atoms with E-state index in [0.29, 0.717) is 17.1 Å². The zero-order chi connectivity index (χ0) is 13.3. The summed E-state index contributed by atoms with van der Waals surface area (Å²) < 4.78 is 27.2. The van der Waals surface area contributed by atoms with E-state index in [4.69, 9.17) is 5.73 Å². The molecule has 0 saturated carbocycles. The fourth-order valence-corrected chi connectivity index (χ4v) is 2.50. The second kappa shape index (κ2) is 4.74. The van der Waals surface area contributed by atoms with Crippen molar-refractivity contribution in [2.45, 2.75) is 25.8 Å². The van der Waals surface area contributed by atoms with Gasteiger partial charge in [-0.15, -0.1) is 11.3 Å². The first-order valence-corrected chi connectivity index (χ1v) is 6.53. The molecular weight excluding hydrogens is 254 g/mol. The number of nitrogens with zero attached hydrogens (tertiary/aromatic N) is 1. The quantitative estimate of drug-likeness (QED) is 0.922. The molecule has 1 atom stereocenters. The van der Waals surface area contributed by atoms with Gasteiger partial charge in [0.25, 0.3) is 0 Å². The highest BCUT2D eigenvalue weighted by atomic mass is 32.1. The van der Waals surface area contributed by atoms with Crippen molar-refractivity contribution in [1.82, 2.24) is 4.98 Å². The molecule has 2 N–H and O–H groups in total. The summed E-state index contributed by atoms with van der Waals surface area (Å²) in [5.41, 5.74) is 5.71. The van der Waals surface area contributed by atoms with Gasteiger partial charge in [-0.25, -0.2) is 13.8 Å². The Hall–Kier alpha value is -1.33. The maximum absolute atomic E-state index is 13.6. The molecule has 2 rings (SSSR count). The average Bonchev–Trinajstić information content (AvgIpc) is 2.79. The molecule has 1 unspecified atom stereocenters. The van der Waals surface area contributed by atoms with E-state index in [0.717, 1.165) is 0 Å². The minimum Gasteiger partial charge on any atom is -0.320 e. The molecule has 2 aromatic rings. The molecule has 1 heterocycles. The van der Waals surface area contributed by atoms with Crippen LogP contribution < -0.4 is 5.73 Å². The molecule has 96 valence electrons. The van der Waals surface area contributed by atoms with E-state index in [1.807, 2.05) is 13.8 Å². The first-order valence-electron chi connectivity index (χ1n) is 5.65. The maximum Gasteiger partial charge on any atom is 0.135 e. The van der Waals surface area contributed by atoms with Gasteiger partial charge in [0.15, 0.2) is 0 Å². The maximum atomic E-state index is 13.6. The molecule has 1 aromatic heterocycles. The number of hydrogen-bond acceptors (Lipinski definition) is 3. The van der Waals surface area contributed by atoms with Crippen molar-refractivity contribution >= 4 is 11.3 Å². The van der Waals surface area contributed by atoms with E-state index in [2.05, 4.69) is 4.98 Å². The van der Waals surface area contributed by atoms with Crippen molar-refractivity contribution in [2.24, 2.45) is 5.73 Å². The van der Waals surface area contributed by atoms with E-state index < -0.39 is 17.2 Å². The van der Waals surface area contributed by atoms with E-state index >= 15 is 0 Å². The first kappa shape index (κ1) is 13.1. The number of rotatable bonds is 3. The summed E-state index contributed by atoms with van der Waals surface area (Å²) in [6.45, 7) is 3.80. The Morgan fingerprint density at radius 3 is 2.50 bits per heavy atom. The third-order valence-corrected chi connectivity index (χ3v) is 4.07. The Kier molecular flexibility index (Phi) is 3.45. The molecule has 0 aliphatic rings. The van der Waals surface area contributed by atoms with E-state index in [-0.39, 0.29) is 5.56 Å². The SMILES string of the molecule is CCC(C)(N)c1nc(-c2c(F)cccc2F)cs1. The van der Waals surface area contributed by atoms with Crippen molar-refractivity contribution < 1.29 is 8.78 Å². The second-order valence-corrected chi connectivity index (χ2v) is 5.26.